The van der Waals surface area contributed by atoms with Crippen molar-refractivity contribution in [2.45, 2.75) is 18.7 Å². The van der Waals surface area contributed by atoms with Crippen LogP contribution >= 0.6 is 0 Å². The third-order valence-electron chi connectivity index (χ3n) is 5.34. The molecule has 7 nitrogen and oxygen atoms in total. The van der Waals surface area contributed by atoms with Crippen molar-refractivity contribution >= 4 is 11.0 Å². The third kappa shape index (κ3) is 3.63. The maximum atomic E-state index is 14.9. The van der Waals surface area contributed by atoms with Crippen LogP contribution in [0.4, 0.5) is 8.78 Å². The topological polar surface area (TPSA) is 81.6 Å². The van der Waals surface area contributed by atoms with Crippen molar-refractivity contribution in [2.75, 3.05) is 0 Å². The van der Waals surface area contributed by atoms with Gasteiger partial charge in [0, 0.05) is 29.6 Å². The summed E-state index contributed by atoms with van der Waals surface area (Å²) in [5, 5.41) is 15.9. The Morgan fingerprint density at radius 2 is 1.75 bits per heavy atom. The van der Waals surface area contributed by atoms with Crippen LogP contribution in [0.3, 0.4) is 0 Å². The Morgan fingerprint density at radius 3 is 2.50 bits per heavy atom. The van der Waals surface area contributed by atoms with Gasteiger partial charge in [-0.05, 0) is 30.3 Å². The lowest BCUT2D eigenvalue weighted by Gasteiger charge is -2.30. The summed E-state index contributed by atoms with van der Waals surface area (Å²) in [5.74, 6) is -0.976. The number of hydrogen-bond acceptors (Lipinski definition) is 5. The molecule has 1 unspecified atom stereocenters. The van der Waals surface area contributed by atoms with Crippen LogP contribution in [0.15, 0.2) is 79.6 Å². The predicted molar refractivity (Wildman–Crippen MR) is 113 cm³/mol. The summed E-state index contributed by atoms with van der Waals surface area (Å²) in [6, 6.07) is 14.3. The molecular weight excluding hydrogens is 414 g/mol. The molecule has 0 fully saturated rings. The van der Waals surface area contributed by atoms with Gasteiger partial charge in [0.05, 0.1) is 24.1 Å². The molecule has 1 N–H and O–H groups in total. The number of hydrogen-bond donors (Lipinski definition) is 1. The van der Waals surface area contributed by atoms with E-state index < -0.39 is 17.2 Å². The van der Waals surface area contributed by atoms with Crippen LogP contribution in [0.1, 0.15) is 5.56 Å². The first-order valence-electron chi connectivity index (χ1n) is 9.89. The summed E-state index contributed by atoms with van der Waals surface area (Å²) in [7, 11) is 0. The van der Waals surface area contributed by atoms with E-state index in [-0.39, 0.29) is 18.7 Å². The van der Waals surface area contributed by atoms with Crippen LogP contribution in [0.5, 0.6) is 0 Å². The molecule has 3 heterocycles. The fourth-order valence-corrected chi connectivity index (χ4v) is 3.89. The Kier molecular flexibility index (Phi) is 4.95. The van der Waals surface area contributed by atoms with E-state index in [4.69, 9.17) is 4.98 Å². The van der Waals surface area contributed by atoms with Gasteiger partial charge in [0.15, 0.2) is 0 Å². The molecule has 0 bridgehead atoms. The predicted octanol–water partition coefficient (Wildman–Crippen LogP) is 3.56. The molecule has 2 aromatic carbocycles. The maximum Gasteiger partial charge on any atom is 0.141 e. The fraction of sp³-hybridized carbons (Fsp3) is 0.130. The lowest BCUT2D eigenvalue weighted by Crippen LogP contribution is -2.37. The Hall–Kier alpha value is -3.98. The number of pyridine rings is 1. The van der Waals surface area contributed by atoms with Crippen LogP contribution < -0.4 is 0 Å². The number of imidazole rings is 1. The van der Waals surface area contributed by atoms with Crippen LogP contribution in [0.25, 0.3) is 22.4 Å². The molecule has 32 heavy (non-hydrogen) atoms. The summed E-state index contributed by atoms with van der Waals surface area (Å²) in [6.45, 7) is -0.161. The highest BCUT2D eigenvalue weighted by Crippen LogP contribution is 2.33. The van der Waals surface area contributed by atoms with E-state index in [9.17, 15) is 13.9 Å². The molecule has 9 heteroatoms. The monoisotopic (exact) mass is 432 g/mol. The molecule has 0 radical (unpaired) electrons. The number of nitrogens with zero attached hydrogens (tertiary/aromatic N) is 6. The van der Waals surface area contributed by atoms with E-state index >= 15 is 0 Å². The Morgan fingerprint density at radius 1 is 0.938 bits per heavy atom. The summed E-state index contributed by atoms with van der Waals surface area (Å²) in [4.78, 5) is 12.7. The minimum absolute atomic E-state index is 0.0483. The molecular formula is C23H18F2N6O. The lowest BCUT2D eigenvalue weighted by molar-refractivity contribution is -0.00409. The second kappa shape index (κ2) is 7.93. The summed E-state index contributed by atoms with van der Waals surface area (Å²) < 4.78 is 31.7. The van der Waals surface area contributed by atoms with Gasteiger partial charge in [0.25, 0.3) is 0 Å². The number of fused-ring (bicyclic) bond motifs is 1. The maximum absolute atomic E-state index is 14.9. The third-order valence-corrected chi connectivity index (χ3v) is 5.34. The standard InChI is InChI=1S/C23H18F2N6O/c24-17-5-6-18(19(25)11-17)23(32,12-30-15-27-14-28-30)13-31-21-4-2-1-3-20(21)29-22(31)16-7-9-26-10-8-16/h1-11,14-15,32H,12-13H2. The molecule has 0 aliphatic heterocycles. The van der Waals surface area contributed by atoms with Gasteiger partial charge in [-0.1, -0.05) is 18.2 Å². The first kappa shape index (κ1) is 20.0. The number of aromatic nitrogens is 6. The van der Waals surface area contributed by atoms with Crippen molar-refractivity contribution in [3.63, 3.8) is 0 Å². The van der Waals surface area contributed by atoms with E-state index in [1.165, 1.54) is 23.4 Å². The van der Waals surface area contributed by atoms with Gasteiger partial charge < -0.3 is 9.67 Å². The molecule has 0 saturated heterocycles. The molecule has 0 saturated carbocycles. The summed E-state index contributed by atoms with van der Waals surface area (Å²) >= 11 is 0. The summed E-state index contributed by atoms with van der Waals surface area (Å²) in [6.07, 6.45) is 6.07. The van der Waals surface area contributed by atoms with Crippen LogP contribution in [0.2, 0.25) is 0 Å². The molecule has 0 aliphatic rings. The van der Waals surface area contributed by atoms with Gasteiger partial charge in [0.2, 0.25) is 0 Å². The van der Waals surface area contributed by atoms with Crippen molar-refractivity contribution in [3.8, 4) is 11.4 Å². The van der Waals surface area contributed by atoms with E-state index in [1.54, 1.807) is 12.4 Å². The van der Waals surface area contributed by atoms with E-state index in [0.29, 0.717) is 5.82 Å². The first-order valence-corrected chi connectivity index (χ1v) is 9.89. The van der Waals surface area contributed by atoms with Crippen molar-refractivity contribution in [1.29, 1.82) is 0 Å². The van der Waals surface area contributed by atoms with Gasteiger partial charge in [-0.2, -0.15) is 5.10 Å². The van der Waals surface area contributed by atoms with Crippen molar-refractivity contribution in [2.24, 2.45) is 0 Å². The highest BCUT2D eigenvalue weighted by molar-refractivity contribution is 5.80. The molecule has 0 amide bonds. The zero-order valence-corrected chi connectivity index (χ0v) is 16.8. The molecule has 0 aliphatic carbocycles. The average Bonchev–Trinajstić information content (AvgIpc) is 3.42. The van der Waals surface area contributed by atoms with Crippen LogP contribution in [-0.4, -0.2) is 34.4 Å². The van der Waals surface area contributed by atoms with Crippen molar-refractivity contribution in [1.82, 2.24) is 29.3 Å². The first-order chi connectivity index (χ1) is 15.5. The largest absolute Gasteiger partial charge is 0.381 e. The van der Waals surface area contributed by atoms with Gasteiger partial charge >= 0.3 is 0 Å². The lowest BCUT2D eigenvalue weighted by atomic mass is 9.92. The Labute approximate surface area is 181 Å². The Bertz CT molecular complexity index is 1370. The van der Waals surface area contributed by atoms with E-state index in [2.05, 4.69) is 15.1 Å². The highest BCUT2D eigenvalue weighted by Gasteiger charge is 2.35. The summed E-state index contributed by atoms with van der Waals surface area (Å²) in [5.41, 5.74) is 0.448. The minimum Gasteiger partial charge on any atom is -0.381 e. The fourth-order valence-electron chi connectivity index (χ4n) is 3.89. The molecule has 5 aromatic rings. The molecule has 160 valence electrons. The Balaban J connectivity index is 1.69. The number of benzene rings is 2. The second-order valence-electron chi connectivity index (χ2n) is 7.49. The van der Waals surface area contributed by atoms with Crippen LogP contribution in [-0.2, 0) is 18.7 Å². The van der Waals surface area contributed by atoms with E-state index in [1.807, 2.05) is 41.0 Å². The SMILES string of the molecule is OC(Cn1cncn1)(Cn1c(-c2ccncc2)nc2ccccc21)c1ccc(F)cc1F. The van der Waals surface area contributed by atoms with Crippen molar-refractivity contribution in [3.05, 3.63) is 96.8 Å². The van der Waals surface area contributed by atoms with E-state index in [0.717, 1.165) is 28.7 Å². The zero-order chi connectivity index (χ0) is 22.1. The second-order valence-corrected chi connectivity index (χ2v) is 7.49. The molecule has 3 aromatic heterocycles. The molecule has 5 rings (SSSR count). The number of halogens is 2. The van der Waals surface area contributed by atoms with Gasteiger partial charge in [-0.3, -0.25) is 4.98 Å². The molecule has 1 atom stereocenters. The smallest absolute Gasteiger partial charge is 0.141 e. The normalized spacial score (nSPS) is 13.3. The average molecular weight is 432 g/mol. The minimum atomic E-state index is -1.78. The van der Waals surface area contributed by atoms with Gasteiger partial charge in [-0.25, -0.2) is 23.4 Å². The molecule has 0 spiro atoms. The number of rotatable bonds is 6. The number of aliphatic hydroxyl groups is 1. The van der Waals surface area contributed by atoms with Crippen LogP contribution in [0, 0.1) is 11.6 Å². The highest BCUT2D eigenvalue weighted by atomic mass is 19.1. The quantitative estimate of drug-likeness (QED) is 0.444. The van der Waals surface area contributed by atoms with Crippen molar-refractivity contribution < 1.29 is 13.9 Å². The van der Waals surface area contributed by atoms with Gasteiger partial charge in [0.1, 0.15) is 35.7 Å². The van der Waals surface area contributed by atoms with Gasteiger partial charge in [-0.15, -0.1) is 0 Å². The zero-order valence-electron chi connectivity index (χ0n) is 16.8. The number of para-hydroxylation sites is 2.